The molecule has 0 spiro atoms. The van der Waals surface area contributed by atoms with Crippen molar-refractivity contribution in [3.63, 3.8) is 0 Å². The van der Waals surface area contributed by atoms with Crippen molar-refractivity contribution in [2.45, 2.75) is 54.0 Å². The number of amides is 1. The fourth-order valence-electron chi connectivity index (χ4n) is 2.25. The molecule has 1 aromatic carbocycles. The van der Waals surface area contributed by atoms with Crippen LogP contribution in [0.25, 0.3) is 0 Å². The van der Waals surface area contributed by atoms with Crippen LogP contribution in [0.5, 0.6) is 0 Å². The van der Waals surface area contributed by atoms with E-state index in [0.717, 1.165) is 18.9 Å². The predicted molar refractivity (Wildman–Crippen MR) is 106 cm³/mol. The molecule has 0 aliphatic heterocycles. The number of aryl methyl sites for hydroxylation is 1. The quantitative estimate of drug-likeness (QED) is 0.404. The third-order valence-electron chi connectivity index (χ3n) is 3.93. The molecule has 0 aliphatic rings. The highest BCUT2D eigenvalue weighted by Gasteiger charge is 2.20. The zero-order valence-electron chi connectivity index (χ0n) is 16.6. The van der Waals surface area contributed by atoms with Gasteiger partial charge in [-0.2, -0.15) is 0 Å². The molecule has 1 rings (SSSR count). The summed E-state index contributed by atoms with van der Waals surface area (Å²) >= 11 is 0. The van der Waals surface area contributed by atoms with Gasteiger partial charge in [-0.25, -0.2) is 0 Å². The van der Waals surface area contributed by atoms with Crippen LogP contribution in [-0.4, -0.2) is 31.5 Å². The summed E-state index contributed by atoms with van der Waals surface area (Å²) in [5.41, 5.74) is 2.20. The maximum absolute atomic E-state index is 11.9. The average Bonchev–Trinajstić information content (AvgIpc) is 2.57. The molecule has 0 saturated heterocycles. The summed E-state index contributed by atoms with van der Waals surface area (Å²) in [5.74, 6) is 0.810. The molecule has 3 N–H and O–H groups in total. The summed E-state index contributed by atoms with van der Waals surface area (Å²) in [6.45, 7) is 13.9. The Hall–Kier alpha value is -2.04. The Balaban J connectivity index is 2.58. The number of hydrogen-bond acceptors (Lipinski definition) is 2. The van der Waals surface area contributed by atoms with Crippen molar-refractivity contribution in [3.8, 4) is 0 Å². The Bertz CT molecular complexity index is 558. The van der Waals surface area contributed by atoms with E-state index in [9.17, 15) is 4.79 Å². The van der Waals surface area contributed by atoms with Crippen molar-refractivity contribution in [1.29, 1.82) is 0 Å². The van der Waals surface area contributed by atoms with Gasteiger partial charge in [0.05, 0.1) is 12.6 Å². The van der Waals surface area contributed by atoms with Crippen LogP contribution in [0.3, 0.4) is 0 Å². The summed E-state index contributed by atoms with van der Waals surface area (Å²) < 4.78 is 0. The monoisotopic (exact) mass is 346 g/mol. The van der Waals surface area contributed by atoms with Crippen LogP contribution >= 0.6 is 0 Å². The molecule has 0 heterocycles. The standard InChI is InChI=1S/C20H34N4O/c1-7-16-9-11-17(12-10-16)15(3)24-19(21-8-2)23-14-13-22-18(25)20(4,5)6/h9-12,15H,7-8,13-14H2,1-6H3,(H,22,25)(H2,21,23,24). The number of carbonyl (C=O) groups is 1. The molecule has 25 heavy (non-hydrogen) atoms. The molecule has 0 aliphatic carbocycles. The van der Waals surface area contributed by atoms with Crippen LogP contribution in [-0.2, 0) is 11.2 Å². The Kier molecular flexibility index (Phi) is 8.46. The SMILES string of the molecule is CCNC(=NCCNC(=O)C(C)(C)C)NC(C)c1ccc(CC)cc1. The molecular formula is C20H34N4O. The summed E-state index contributed by atoms with van der Waals surface area (Å²) in [4.78, 5) is 16.4. The lowest BCUT2D eigenvalue weighted by atomic mass is 9.96. The van der Waals surface area contributed by atoms with Gasteiger partial charge >= 0.3 is 0 Å². The topological polar surface area (TPSA) is 65.5 Å². The number of rotatable bonds is 7. The molecule has 1 unspecified atom stereocenters. The molecule has 0 saturated carbocycles. The fourth-order valence-corrected chi connectivity index (χ4v) is 2.25. The molecular weight excluding hydrogens is 312 g/mol. The first-order chi connectivity index (χ1) is 11.8. The zero-order chi connectivity index (χ0) is 18.9. The fraction of sp³-hybridized carbons (Fsp3) is 0.600. The van der Waals surface area contributed by atoms with Crippen LogP contribution in [0.2, 0.25) is 0 Å². The minimum absolute atomic E-state index is 0.0463. The van der Waals surface area contributed by atoms with Gasteiger partial charge in [0.2, 0.25) is 5.91 Å². The van der Waals surface area contributed by atoms with E-state index in [2.05, 4.69) is 59.1 Å². The van der Waals surface area contributed by atoms with Gasteiger partial charge in [0.1, 0.15) is 0 Å². The maximum Gasteiger partial charge on any atom is 0.225 e. The van der Waals surface area contributed by atoms with Crippen molar-refractivity contribution in [1.82, 2.24) is 16.0 Å². The van der Waals surface area contributed by atoms with Crippen LogP contribution < -0.4 is 16.0 Å². The van der Waals surface area contributed by atoms with Crippen LogP contribution in [0.15, 0.2) is 29.3 Å². The summed E-state index contributed by atoms with van der Waals surface area (Å²) in [5, 5.41) is 9.58. The third kappa shape index (κ3) is 7.59. The average molecular weight is 347 g/mol. The number of guanidine groups is 1. The van der Waals surface area contributed by atoms with Gasteiger partial charge in [-0.1, -0.05) is 52.0 Å². The molecule has 5 heteroatoms. The highest BCUT2D eigenvalue weighted by molar-refractivity contribution is 5.81. The lowest BCUT2D eigenvalue weighted by molar-refractivity contribution is -0.128. The molecule has 140 valence electrons. The number of carbonyl (C=O) groups excluding carboxylic acids is 1. The van der Waals surface area contributed by atoms with Crippen molar-refractivity contribution in [3.05, 3.63) is 35.4 Å². The van der Waals surface area contributed by atoms with E-state index in [4.69, 9.17) is 0 Å². The van der Waals surface area contributed by atoms with Gasteiger partial charge in [-0.05, 0) is 31.4 Å². The smallest absolute Gasteiger partial charge is 0.225 e. The molecule has 0 aromatic heterocycles. The van der Waals surface area contributed by atoms with Gasteiger partial charge in [-0.3, -0.25) is 9.79 Å². The molecule has 1 aromatic rings. The molecule has 1 amide bonds. The van der Waals surface area contributed by atoms with E-state index in [0.29, 0.717) is 13.1 Å². The minimum atomic E-state index is -0.369. The summed E-state index contributed by atoms with van der Waals surface area (Å²) in [7, 11) is 0. The van der Waals surface area contributed by atoms with E-state index >= 15 is 0 Å². The largest absolute Gasteiger partial charge is 0.357 e. The lowest BCUT2D eigenvalue weighted by Gasteiger charge is -2.19. The number of hydrogen-bond donors (Lipinski definition) is 3. The first-order valence-corrected chi connectivity index (χ1v) is 9.19. The second-order valence-electron chi connectivity index (χ2n) is 7.23. The van der Waals surface area contributed by atoms with E-state index in [-0.39, 0.29) is 17.4 Å². The minimum Gasteiger partial charge on any atom is -0.357 e. The number of benzene rings is 1. The van der Waals surface area contributed by atoms with Crippen molar-refractivity contribution in [2.75, 3.05) is 19.6 Å². The highest BCUT2D eigenvalue weighted by atomic mass is 16.2. The van der Waals surface area contributed by atoms with Crippen molar-refractivity contribution in [2.24, 2.45) is 10.4 Å². The highest BCUT2D eigenvalue weighted by Crippen LogP contribution is 2.14. The molecule has 0 bridgehead atoms. The third-order valence-corrected chi connectivity index (χ3v) is 3.93. The van der Waals surface area contributed by atoms with Gasteiger partial charge < -0.3 is 16.0 Å². The van der Waals surface area contributed by atoms with E-state index in [1.165, 1.54) is 11.1 Å². The van der Waals surface area contributed by atoms with Gasteiger partial charge in [0.25, 0.3) is 0 Å². The number of nitrogens with zero attached hydrogens (tertiary/aromatic N) is 1. The summed E-state index contributed by atoms with van der Waals surface area (Å²) in [6.07, 6.45) is 1.05. The normalized spacial score (nSPS) is 13.3. The molecule has 0 radical (unpaired) electrons. The first kappa shape index (κ1) is 21.0. The number of aliphatic imine (C=N–C) groups is 1. The van der Waals surface area contributed by atoms with Crippen LogP contribution in [0.4, 0.5) is 0 Å². The second kappa shape index (κ2) is 10.1. The van der Waals surface area contributed by atoms with Crippen molar-refractivity contribution >= 4 is 11.9 Å². The molecule has 1 atom stereocenters. The Morgan fingerprint density at radius 1 is 1.12 bits per heavy atom. The van der Waals surface area contributed by atoms with E-state index < -0.39 is 0 Å². The number of nitrogens with one attached hydrogen (secondary N) is 3. The predicted octanol–water partition coefficient (Wildman–Crippen LogP) is 3.03. The summed E-state index contributed by atoms with van der Waals surface area (Å²) in [6, 6.07) is 8.81. The van der Waals surface area contributed by atoms with Crippen LogP contribution in [0.1, 0.15) is 58.7 Å². The van der Waals surface area contributed by atoms with E-state index in [1.54, 1.807) is 0 Å². The maximum atomic E-state index is 11.9. The van der Waals surface area contributed by atoms with Crippen molar-refractivity contribution < 1.29 is 4.79 Å². The van der Waals surface area contributed by atoms with E-state index in [1.807, 2.05) is 27.7 Å². The lowest BCUT2D eigenvalue weighted by Crippen LogP contribution is -2.40. The Morgan fingerprint density at radius 2 is 1.76 bits per heavy atom. The first-order valence-electron chi connectivity index (χ1n) is 9.19. The zero-order valence-corrected chi connectivity index (χ0v) is 16.6. The Labute approximate surface area is 152 Å². The molecule has 0 fully saturated rings. The van der Waals surface area contributed by atoms with Crippen LogP contribution in [0, 0.1) is 5.41 Å². The second-order valence-corrected chi connectivity index (χ2v) is 7.23. The van der Waals surface area contributed by atoms with Gasteiger partial charge in [0, 0.05) is 18.5 Å². The molecule has 5 nitrogen and oxygen atoms in total. The van der Waals surface area contributed by atoms with Gasteiger partial charge in [0.15, 0.2) is 5.96 Å². The Morgan fingerprint density at radius 3 is 2.28 bits per heavy atom. The van der Waals surface area contributed by atoms with Gasteiger partial charge in [-0.15, -0.1) is 0 Å².